The molecule has 0 saturated heterocycles. The zero-order valence-electron chi connectivity index (χ0n) is 10.0. The Kier molecular flexibility index (Phi) is 2.19. The number of benzene rings is 1. The lowest BCUT2D eigenvalue weighted by atomic mass is 10.1. The van der Waals surface area contributed by atoms with Crippen LogP contribution in [0.15, 0.2) is 48.9 Å². The Labute approximate surface area is 99.8 Å². The van der Waals surface area contributed by atoms with Gasteiger partial charge >= 0.3 is 0 Å². The number of hydrogen-bond donors (Lipinski definition) is 0. The molecule has 0 radical (unpaired) electrons. The first-order valence-corrected chi connectivity index (χ1v) is 5.30. The molecule has 0 aliphatic rings. The zero-order valence-corrected chi connectivity index (χ0v) is 9.04. The maximum Gasteiger partial charge on any atom is 0.181 e. The first-order chi connectivity index (χ1) is 8.81. The molecule has 0 unspecified atom stereocenters. The van der Waals surface area contributed by atoms with Crippen LogP contribution in [0.4, 0.5) is 0 Å². The predicted octanol–water partition coefficient (Wildman–Crippen LogP) is 2.01. The monoisotopic (exact) mass is 223 g/mol. The molecule has 0 bridgehead atoms. The Morgan fingerprint density at radius 3 is 2.82 bits per heavy atom. The van der Waals surface area contributed by atoms with Gasteiger partial charge in [0.1, 0.15) is 11.3 Å². The lowest BCUT2D eigenvalue weighted by Crippen LogP contribution is -1.98. The summed E-state index contributed by atoms with van der Waals surface area (Å²) in [4.78, 5) is 16.7. The summed E-state index contributed by atoms with van der Waals surface area (Å²) in [6.45, 7) is 0. The first kappa shape index (κ1) is 8.75. The van der Waals surface area contributed by atoms with E-state index in [1.54, 1.807) is 6.20 Å². The number of fused-ring (bicyclic) bond motifs is 1. The van der Waals surface area contributed by atoms with Crippen LogP contribution in [0.5, 0.6) is 0 Å². The Balaban J connectivity index is 1.98. The molecule has 0 aliphatic heterocycles. The SMILES string of the molecule is [2H]c1cnc2cnc(Cc3ccccc3)nc2n1. The lowest BCUT2D eigenvalue weighted by Gasteiger charge is -2.01. The van der Waals surface area contributed by atoms with Crippen LogP contribution in [-0.4, -0.2) is 19.9 Å². The van der Waals surface area contributed by atoms with Crippen LogP contribution in [-0.2, 0) is 6.42 Å². The van der Waals surface area contributed by atoms with Crippen LogP contribution in [0.2, 0.25) is 0 Å². The van der Waals surface area contributed by atoms with Crippen molar-refractivity contribution in [3.63, 3.8) is 0 Å². The topological polar surface area (TPSA) is 51.6 Å². The molecule has 2 heterocycles. The Hall–Kier alpha value is -2.36. The van der Waals surface area contributed by atoms with E-state index in [0.29, 0.717) is 23.4 Å². The van der Waals surface area contributed by atoms with Gasteiger partial charge in [0.2, 0.25) is 0 Å². The molecule has 0 amide bonds. The zero-order chi connectivity index (χ0) is 12.4. The quantitative estimate of drug-likeness (QED) is 0.666. The number of aromatic nitrogens is 4. The van der Waals surface area contributed by atoms with Crippen LogP contribution in [0.25, 0.3) is 11.2 Å². The number of rotatable bonds is 2. The van der Waals surface area contributed by atoms with E-state index in [1.165, 1.54) is 6.20 Å². The third-order valence-electron chi connectivity index (χ3n) is 2.44. The van der Waals surface area contributed by atoms with E-state index in [1.807, 2.05) is 30.3 Å². The maximum atomic E-state index is 7.43. The van der Waals surface area contributed by atoms with Crippen molar-refractivity contribution in [2.24, 2.45) is 0 Å². The van der Waals surface area contributed by atoms with E-state index in [-0.39, 0.29) is 6.17 Å². The van der Waals surface area contributed by atoms with Crippen molar-refractivity contribution in [1.29, 1.82) is 0 Å². The second-order valence-electron chi connectivity index (χ2n) is 3.66. The minimum atomic E-state index is 0.117. The number of nitrogens with zero attached hydrogens (tertiary/aromatic N) is 4. The van der Waals surface area contributed by atoms with E-state index in [2.05, 4.69) is 19.9 Å². The molecule has 0 saturated carbocycles. The maximum absolute atomic E-state index is 7.43. The standard InChI is InChI=1S/C13H10N4/c1-2-4-10(5-3-1)8-12-16-9-11-13(17-12)15-7-6-14-11/h1-7,9H,8H2/i7D. The van der Waals surface area contributed by atoms with Gasteiger partial charge in [0, 0.05) is 18.8 Å². The molecule has 0 atom stereocenters. The molecule has 3 rings (SSSR count). The second-order valence-corrected chi connectivity index (χ2v) is 3.66. The van der Waals surface area contributed by atoms with Crippen LogP contribution < -0.4 is 0 Å². The summed E-state index contributed by atoms with van der Waals surface area (Å²) in [5.74, 6) is 0.689. The molecule has 17 heavy (non-hydrogen) atoms. The summed E-state index contributed by atoms with van der Waals surface area (Å²) in [7, 11) is 0. The second kappa shape index (κ2) is 4.25. The van der Waals surface area contributed by atoms with Crippen molar-refractivity contribution in [1.82, 2.24) is 19.9 Å². The van der Waals surface area contributed by atoms with Crippen LogP contribution in [0.1, 0.15) is 12.8 Å². The molecule has 2 aromatic heterocycles. The fourth-order valence-corrected chi connectivity index (χ4v) is 1.63. The average molecular weight is 223 g/mol. The van der Waals surface area contributed by atoms with Gasteiger partial charge in [-0.05, 0) is 5.56 Å². The van der Waals surface area contributed by atoms with E-state index >= 15 is 0 Å². The number of hydrogen-bond acceptors (Lipinski definition) is 4. The van der Waals surface area contributed by atoms with Crippen molar-refractivity contribution < 1.29 is 1.37 Å². The summed E-state index contributed by atoms with van der Waals surface area (Å²) >= 11 is 0. The van der Waals surface area contributed by atoms with Crippen LogP contribution in [0.3, 0.4) is 0 Å². The highest BCUT2D eigenvalue weighted by molar-refractivity contribution is 5.67. The minimum Gasteiger partial charge on any atom is -0.250 e. The van der Waals surface area contributed by atoms with Gasteiger partial charge in [-0.15, -0.1) is 0 Å². The summed E-state index contributed by atoms with van der Waals surface area (Å²) in [6.07, 6.45) is 3.81. The van der Waals surface area contributed by atoms with Gasteiger partial charge < -0.3 is 0 Å². The molecule has 82 valence electrons. The van der Waals surface area contributed by atoms with Crippen molar-refractivity contribution in [2.45, 2.75) is 6.42 Å². The highest BCUT2D eigenvalue weighted by Crippen LogP contribution is 2.08. The summed E-state index contributed by atoms with van der Waals surface area (Å²) < 4.78 is 7.43. The third-order valence-corrected chi connectivity index (χ3v) is 2.44. The van der Waals surface area contributed by atoms with Gasteiger partial charge in [0.15, 0.2) is 5.65 Å². The van der Waals surface area contributed by atoms with Gasteiger partial charge in [0.25, 0.3) is 0 Å². The summed E-state index contributed by atoms with van der Waals surface area (Å²) in [5.41, 5.74) is 2.23. The van der Waals surface area contributed by atoms with Crippen molar-refractivity contribution >= 4 is 11.2 Å². The molecule has 1 aromatic carbocycles. The minimum absolute atomic E-state index is 0.117. The van der Waals surface area contributed by atoms with Crippen molar-refractivity contribution in [3.8, 4) is 0 Å². The lowest BCUT2D eigenvalue weighted by molar-refractivity contribution is 0.976. The normalized spacial score (nSPS) is 11.4. The Bertz CT molecular complexity index is 685. The third kappa shape index (κ3) is 2.10. The summed E-state index contributed by atoms with van der Waals surface area (Å²) in [5, 5.41) is 0. The molecule has 0 aliphatic carbocycles. The highest BCUT2D eigenvalue weighted by atomic mass is 15.0. The Morgan fingerprint density at radius 1 is 1.06 bits per heavy atom. The van der Waals surface area contributed by atoms with E-state index in [0.717, 1.165) is 5.56 Å². The first-order valence-electron chi connectivity index (χ1n) is 5.80. The van der Waals surface area contributed by atoms with Gasteiger partial charge in [-0.2, -0.15) is 0 Å². The van der Waals surface area contributed by atoms with Crippen LogP contribution >= 0.6 is 0 Å². The van der Waals surface area contributed by atoms with Crippen LogP contribution in [0, 0.1) is 0 Å². The molecule has 0 fully saturated rings. The van der Waals surface area contributed by atoms with E-state index < -0.39 is 0 Å². The fraction of sp³-hybridized carbons (Fsp3) is 0.0769. The average Bonchev–Trinajstić information content (AvgIpc) is 2.39. The van der Waals surface area contributed by atoms with Gasteiger partial charge in [-0.25, -0.2) is 19.9 Å². The highest BCUT2D eigenvalue weighted by Gasteiger charge is 2.02. The molecular weight excluding hydrogens is 212 g/mol. The fourth-order valence-electron chi connectivity index (χ4n) is 1.63. The molecular formula is C13H10N4. The van der Waals surface area contributed by atoms with Gasteiger partial charge in [-0.3, -0.25) is 0 Å². The smallest absolute Gasteiger partial charge is 0.181 e. The molecule has 0 spiro atoms. The van der Waals surface area contributed by atoms with Crippen molar-refractivity contribution in [3.05, 3.63) is 60.3 Å². The Morgan fingerprint density at radius 2 is 1.94 bits per heavy atom. The van der Waals surface area contributed by atoms with Crippen molar-refractivity contribution in [2.75, 3.05) is 0 Å². The van der Waals surface area contributed by atoms with E-state index in [4.69, 9.17) is 1.37 Å². The molecule has 3 aromatic rings. The van der Waals surface area contributed by atoms with Gasteiger partial charge in [-0.1, -0.05) is 30.3 Å². The predicted molar refractivity (Wildman–Crippen MR) is 64.4 cm³/mol. The molecule has 4 nitrogen and oxygen atoms in total. The largest absolute Gasteiger partial charge is 0.250 e. The molecule has 0 N–H and O–H groups in total. The summed E-state index contributed by atoms with van der Waals surface area (Å²) in [6, 6.07) is 10.00. The van der Waals surface area contributed by atoms with E-state index in [9.17, 15) is 0 Å². The molecule has 4 heteroatoms. The van der Waals surface area contributed by atoms with Gasteiger partial charge in [0.05, 0.1) is 7.57 Å².